The van der Waals surface area contributed by atoms with E-state index in [0.717, 1.165) is 24.5 Å². The van der Waals surface area contributed by atoms with Crippen molar-refractivity contribution < 1.29 is 9.53 Å². The van der Waals surface area contributed by atoms with Gasteiger partial charge in [-0.25, -0.2) is 0 Å². The van der Waals surface area contributed by atoms with Crippen molar-refractivity contribution in [3.63, 3.8) is 0 Å². The summed E-state index contributed by atoms with van der Waals surface area (Å²) in [6, 6.07) is 11.9. The molecule has 0 bridgehead atoms. The summed E-state index contributed by atoms with van der Waals surface area (Å²) in [6.07, 6.45) is 3.96. The Morgan fingerprint density at radius 1 is 1.21 bits per heavy atom. The number of pyridine rings is 1. The van der Waals surface area contributed by atoms with E-state index < -0.39 is 0 Å². The van der Waals surface area contributed by atoms with Gasteiger partial charge in [0.25, 0.3) is 0 Å². The van der Waals surface area contributed by atoms with Gasteiger partial charge in [-0.1, -0.05) is 19.9 Å². The molecule has 6 heteroatoms. The number of carbonyl (C=O) groups is 1. The van der Waals surface area contributed by atoms with Crippen LogP contribution in [-0.2, 0) is 15.3 Å². The Balaban J connectivity index is 1.59. The minimum absolute atomic E-state index is 0.0528. The molecule has 1 N–H and O–H groups in total. The maximum atomic E-state index is 13.1. The number of carbonyl (C=O) groups excluding carboxylic acids is 1. The smallest absolute Gasteiger partial charge is 0.241 e. The number of hydrogen-bond acceptors (Lipinski definition) is 5. The molecular weight excluding hydrogens is 382 g/mol. The number of morpholine rings is 1. The van der Waals surface area contributed by atoms with Crippen LogP contribution < -0.4 is 5.32 Å². The van der Waals surface area contributed by atoms with Crippen molar-refractivity contribution in [2.45, 2.75) is 56.6 Å². The van der Waals surface area contributed by atoms with E-state index in [9.17, 15) is 4.79 Å². The molecule has 0 radical (unpaired) electrons. The van der Waals surface area contributed by atoms with E-state index in [-0.39, 0.29) is 30.1 Å². The highest BCUT2D eigenvalue weighted by molar-refractivity contribution is 7.98. The van der Waals surface area contributed by atoms with E-state index in [4.69, 9.17) is 4.74 Å². The summed E-state index contributed by atoms with van der Waals surface area (Å²) in [4.78, 5) is 20.6. The quantitative estimate of drug-likeness (QED) is 0.680. The molecule has 1 aliphatic heterocycles. The number of hydrogen-bond donors (Lipinski definition) is 1. The van der Waals surface area contributed by atoms with Crippen LogP contribution in [0.5, 0.6) is 0 Å². The van der Waals surface area contributed by atoms with Crippen molar-refractivity contribution >= 4 is 23.4 Å². The van der Waals surface area contributed by atoms with Crippen LogP contribution in [0.3, 0.4) is 0 Å². The van der Waals surface area contributed by atoms with Crippen molar-refractivity contribution in [1.82, 2.24) is 9.88 Å². The molecule has 1 saturated heterocycles. The summed E-state index contributed by atoms with van der Waals surface area (Å²) in [7, 11) is 0. The average Bonchev–Trinajstić information content (AvgIpc) is 2.67. The first-order valence-electron chi connectivity index (χ1n) is 10.2. The van der Waals surface area contributed by atoms with Gasteiger partial charge in [-0.15, -0.1) is 11.8 Å². The van der Waals surface area contributed by atoms with Gasteiger partial charge in [0.05, 0.1) is 18.2 Å². The number of nitrogens with one attached hydrogen (secondary N) is 1. The largest absolute Gasteiger partial charge is 0.373 e. The molecule has 1 aliphatic rings. The summed E-state index contributed by atoms with van der Waals surface area (Å²) in [5.41, 5.74) is 2.03. The van der Waals surface area contributed by atoms with Gasteiger partial charge in [0, 0.05) is 41.8 Å². The van der Waals surface area contributed by atoms with Crippen LogP contribution in [0, 0.1) is 5.92 Å². The van der Waals surface area contributed by atoms with Crippen LogP contribution in [0.1, 0.15) is 33.3 Å². The average molecular weight is 414 g/mol. The Kier molecular flexibility index (Phi) is 7.70. The van der Waals surface area contributed by atoms with Gasteiger partial charge < -0.3 is 10.1 Å². The van der Waals surface area contributed by atoms with Crippen molar-refractivity contribution in [2.75, 3.05) is 18.4 Å². The van der Waals surface area contributed by atoms with Crippen molar-refractivity contribution in [1.29, 1.82) is 0 Å². The lowest BCUT2D eigenvalue weighted by Gasteiger charge is -2.41. The number of thioether (sulfide) groups is 1. The molecule has 1 amide bonds. The van der Waals surface area contributed by atoms with Crippen LogP contribution in [0.2, 0.25) is 0 Å². The third-order valence-corrected chi connectivity index (χ3v) is 6.07. The highest BCUT2D eigenvalue weighted by atomic mass is 32.2. The third kappa shape index (κ3) is 6.29. The maximum absolute atomic E-state index is 13.1. The molecule has 0 spiro atoms. The van der Waals surface area contributed by atoms with Crippen LogP contribution in [0.15, 0.2) is 53.7 Å². The molecule has 29 heavy (non-hydrogen) atoms. The number of benzene rings is 1. The second kappa shape index (κ2) is 10.2. The Bertz CT molecular complexity index is 772. The van der Waals surface area contributed by atoms with Crippen molar-refractivity contribution in [2.24, 2.45) is 5.92 Å². The number of nitrogens with zero attached hydrogens (tertiary/aromatic N) is 2. The summed E-state index contributed by atoms with van der Waals surface area (Å²) in [5.74, 6) is 1.15. The molecule has 156 valence electrons. The van der Waals surface area contributed by atoms with Crippen LogP contribution >= 0.6 is 11.8 Å². The fraction of sp³-hybridized carbons (Fsp3) is 0.478. The zero-order valence-corrected chi connectivity index (χ0v) is 18.5. The molecule has 3 unspecified atom stereocenters. The zero-order valence-electron chi connectivity index (χ0n) is 17.7. The molecule has 5 nitrogen and oxygen atoms in total. The number of aromatic nitrogens is 1. The Morgan fingerprint density at radius 2 is 1.90 bits per heavy atom. The zero-order chi connectivity index (χ0) is 20.8. The van der Waals surface area contributed by atoms with Crippen molar-refractivity contribution in [3.05, 3.63) is 54.4 Å². The minimum atomic E-state index is -0.163. The topological polar surface area (TPSA) is 54.5 Å². The predicted octanol–water partition coefficient (Wildman–Crippen LogP) is 4.45. The van der Waals surface area contributed by atoms with Gasteiger partial charge in [-0.3, -0.25) is 14.7 Å². The lowest BCUT2D eigenvalue weighted by Crippen LogP contribution is -2.55. The predicted molar refractivity (Wildman–Crippen MR) is 119 cm³/mol. The summed E-state index contributed by atoms with van der Waals surface area (Å²) >= 11 is 1.76. The van der Waals surface area contributed by atoms with Gasteiger partial charge in [-0.2, -0.15) is 0 Å². The summed E-state index contributed by atoms with van der Waals surface area (Å²) in [6.45, 7) is 9.91. The molecule has 3 rings (SSSR count). The van der Waals surface area contributed by atoms with Gasteiger partial charge in [0.15, 0.2) is 0 Å². The standard InChI is InChI=1S/C23H31N3O2S/c1-16(2)22(26-13-17(3)28-18(4)14-26)23(27)25-20-7-9-21(10-8-20)29-15-19-6-5-11-24-12-19/h5-12,16-18,22H,13-15H2,1-4H3,(H,25,27). The number of rotatable bonds is 7. The fourth-order valence-electron chi connectivity index (χ4n) is 3.84. The van der Waals surface area contributed by atoms with E-state index in [1.165, 1.54) is 10.5 Å². The third-order valence-electron chi connectivity index (χ3n) is 4.99. The highest BCUT2D eigenvalue weighted by Gasteiger charge is 2.34. The molecule has 1 aromatic carbocycles. The summed E-state index contributed by atoms with van der Waals surface area (Å²) < 4.78 is 5.83. The maximum Gasteiger partial charge on any atom is 0.241 e. The molecule has 0 aliphatic carbocycles. The van der Waals surface area contributed by atoms with Gasteiger partial charge in [0.1, 0.15) is 0 Å². The number of amides is 1. The van der Waals surface area contributed by atoms with Gasteiger partial charge in [-0.05, 0) is 55.7 Å². The Hall–Kier alpha value is -1.89. The minimum Gasteiger partial charge on any atom is -0.373 e. The fourth-order valence-corrected chi connectivity index (χ4v) is 4.67. The van der Waals surface area contributed by atoms with Crippen LogP contribution in [0.4, 0.5) is 5.69 Å². The van der Waals surface area contributed by atoms with E-state index in [0.29, 0.717) is 0 Å². The first-order valence-corrected chi connectivity index (χ1v) is 11.2. The van der Waals surface area contributed by atoms with E-state index in [1.807, 2.05) is 24.4 Å². The number of ether oxygens (including phenoxy) is 1. The van der Waals surface area contributed by atoms with Crippen LogP contribution in [0.25, 0.3) is 0 Å². The Labute approximate surface area is 178 Å². The van der Waals surface area contributed by atoms with E-state index >= 15 is 0 Å². The summed E-state index contributed by atoms with van der Waals surface area (Å²) in [5, 5.41) is 3.11. The van der Waals surface area contributed by atoms with E-state index in [2.05, 4.69) is 61.1 Å². The lowest BCUT2D eigenvalue weighted by atomic mass is 9.99. The second-order valence-electron chi connectivity index (χ2n) is 8.06. The molecule has 2 heterocycles. The van der Waals surface area contributed by atoms with Gasteiger partial charge in [0.2, 0.25) is 5.91 Å². The normalized spacial score (nSPS) is 21.1. The number of anilines is 1. The first kappa shape index (κ1) is 21.8. The molecule has 1 fully saturated rings. The van der Waals surface area contributed by atoms with Crippen molar-refractivity contribution in [3.8, 4) is 0 Å². The molecule has 2 aromatic rings. The Morgan fingerprint density at radius 3 is 2.48 bits per heavy atom. The SMILES string of the molecule is CC1CN(C(C(=O)Nc2ccc(SCc3cccnc3)cc2)C(C)C)CC(C)O1. The monoisotopic (exact) mass is 413 g/mol. The van der Waals surface area contributed by atoms with E-state index in [1.54, 1.807) is 18.0 Å². The molecule has 1 aromatic heterocycles. The molecule has 3 atom stereocenters. The lowest BCUT2D eigenvalue weighted by molar-refractivity contribution is -0.130. The molecule has 0 saturated carbocycles. The van der Waals surface area contributed by atoms with Gasteiger partial charge >= 0.3 is 0 Å². The van der Waals surface area contributed by atoms with Crippen LogP contribution in [-0.4, -0.2) is 47.1 Å². The highest BCUT2D eigenvalue weighted by Crippen LogP contribution is 2.25. The second-order valence-corrected chi connectivity index (χ2v) is 9.11. The first-order chi connectivity index (χ1) is 13.9. The molecular formula is C23H31N3O2S.